The SMILES string of the molecule is Cc1cccc(N[C@H]2CO[C@@]3(CCCN(Cc4cncn4C)C3)C2)c1. The van der Waals surface area contributed by atoms with Crippen LogP contribution >= 0.6 is 0 Å². The predicted molar refractivity (Wildman–Crippen MR) is 99.6 cm³/mol. The third kappa shape index (κ3) is 3.72. The molecule has 0 amide bonds. The van der Waals surface area contributed by atoms with Crippen molar-refractivity contribution in [1.29, 1.82) is 0 Å². The first-order valence-electron chi connectivity index (χ1n) is 9.27. The Morgan fingerprint density at radius 1 is 1.40 bits per heavy atom. The third-order valence-corrected chi connectivity index (χ3v) is 5.52. The molecule has 2 aromatic rings. The topological polar surface area (TPSA) is 42.3 Å². The van der Waals surface area contributed by atoms with Crippen molar-refractivity contribution in [2.24, 2.45) is 7.05 Å². The fraction of sp³-hybridized carbons (Fsp3) is 0.550. The average molecular weight is 340 g/mol. The van der Waals surface area contributed by atoms with Crippen molar-refractivity contribution in [2.75, 3.05) is 25.0 Å². The van der Waals surface area contributed by atoms with Crippen LogP contribution in [0.1, 0.15) is 30.5 Å². The Bertz CT molecular complexity index is 728. The Labute approximate surface area is 150 Å². The lowest BCUT2D eigenvalue weighted by molar-refractivity contribution is -0.0537. The number of piperidine rings is 1. The first kappa shape index (κ1) is 16.6. The smallest absolute Gasteiger partial charge is 0.0945 e. The number of aromatic nitrogens is 2. The molecule has 1 aromatic carbocycles. The summed E-state index contributed by atoms with van der Waals surface area (Å²) >= 11 is 0. The van der Waals surface area contributed by atoms with Crippen LogP contribution in [0.5, 0.6) is 0 Å². The number of rotatable bonds is 4. The van der Waals surface area contributed by atoms with E-state index in [2.05, 4.69) is 58.0 Å². The standard InChI is InChI=1S/C20H28N4O/c1-16-5-3-6-17(9-16)22-18-10-20(25-13-18)7-4-8-24(14-20)12-19-11-21-15-23(19)2/h3,5-6,9,11,15,18,22H,4,7-8,10,12-14H2,1-2H3/t18-,20+/m1/s1. The molecule has 1 spiro atoms. The van der Waals surface area contributed by atoms with E-state index in [4.69, 9.17) is 4.74 Å². The van der Waals surface area contributed by atoms with Gasteiger partial charge in [-0.05, 0) is 50.4 Å². The summed E-state index contributed by atoms with van der Waals surface area (Å²) in [5.41, 5.74) is 3.77. The van der Waals surface area contributed by atoms with Crippen LogP contribution in [0.3, 0.4) is 0 Å². The van der Waals surface area contributed by atoms with Crippen molar-refractivity contribution < 1.29 is 4.74 Å². The molecule has 2 saturated heterocycles. The normalized spacial score (nSPS) is 27.0. The minimum atomic E-state index is 0.0122. The molecule has 0 saturated carbocycles. The molecule has 0 unspecified atom stereocenters. The second kappa shape index (κ2) is 6.81. The lowest BCUT2D eigenvalue weighted by Crippen LogP contribution is -2.47. The fourth-order valence-corrected chi connectivity index (χ4v) is 4.28. The fourth-order valence-electron chi connectivity index (χ4n) is 4.28. The molecule has 5 nitrogen and oxygen atoms in total. The first-order valence-corrected chi connectivity index (χ1v) is 9.27. The molecule has 5 heteroatoms. The Morgan fingerprint density at radius 3 is 3.12 bits per heavy atom. The summed E-state index contributed by atoms with van der Waals surface area (Å²) in [6.45, 7) is 6.05. The van der Waals surface area contributed by atoms with Crippen LogP contribution in [0, 0.1) is 6.92 Å². The number of nitrogens with one attached hydrogen (secondary N) is 1. The van der Waals surface area contributed by atoms with E-state index in [0.29, 0.717) is 6.04 Å². The highest BCUT2D eigenvalue weighted by atomic mass is 16.5. The van der Waals surface area contributed by atoms with Gasteiger partial charge >= 0.3 is 0 Å². The van der Waals surface area contributed by atoms with Crippen molar-refractivity contribution in [2.45, 2.75) is 44.4 Å². The lowest BCUT2D eigenvalue weighted by Gasteiger charge is -2.39. The van der Waals surface area contributed by atoms with Crippen LogP contribution in [-0.2, 0) is 18.3 Å². The largest absolute Gasteiger partial charge is 0.380 e. The van der Waals surface area contributed by atoms with E-state index < -0.39 is 0 Å². The van der Waals surface area contributed by atoms with Gasteiger partial charge in [-0.3, -0.25) is 4.90 Å². The van der Waals surface area contributed by atoms with E-state index in [0.717, 1.165) is 32.7 Å². The number of hydrogen-bond acceptors (Lipinski definition) is 4. The zero-order valence-electron chi connectivity index (χ0n) is 15.2. The molecular formula is C20H28N4O. The lowest BCUT2D eigenvalue weighted by atomic mass is 9.88. The molecule has 4 rings (SSSR count). The summed E-state index contributed by atoms with van der Waals surface area (Å²) in [7, 11) is 2.07. The molecule has 2 aliphatic rings. The van der Waals surface area contributed by atoms with Crippen LogP contribution in [-0.4, -0.2) is 45.8 Å². The van der Waals surface area contributed by atoms with Crippen LogP contribution in [0.2, 0.25) is 0 Å². The van der Waals surface area contributed by atoms with Gasteiger partial charge in [0.1, 0.15) is 0 Å². The van der Waals surface area contributed by atoms with E-state index in [1.54, 1.807) is 0 Å². The average Bonchev–Trinajstić information content (AvgIpc) is 3.15. The molecule has 2 atom stereocenters. The molecule has 0 aliphatic carbocycles. The maximum absolute atomic E-state index is 6.35. The maximum atomic E-state index is 6.35. The molecule has 3 heterocycles. The Hall–Kier alpha value is -1.85. The molecule has 25 heavy (non-hydrogen) atoms. The number of aryl methyl sites for hydroxylation is 2. The van der Waals surface area contributed by atoms with Crippen molar-refractivity contribution in [3.8, 4) is 0 Å². The minimum Gasteiger partial charge on any atom is -0.380 e. The zero-order valence-corrected chi connectivity index (χ0v) is 15.2. The van der Waals surface area contributed by atoms with Gasteiger partial charge in [0.25, 0.3) is 0 Å². The maximum Gasteiger partial charge on any atom is 0.0945 e. The summed E-state index contributed by atoms with van der Waals surface area (Å²) in [5, 5.41) is 3.67. The Kier molecular flexibility index (Phi) is 4.52. The van der Waals surface area contributed by atoms with E-state index >= 15 is 0 Å². The summed E-state index contributed by atoms with van der Waals surface area (Å²) in [5.74, 6) is 0. The molecule has 1 aromatic heterocycles. The van der Waals surface area contributed by atoms with E-state index in [1.165, 1.54) is 29.8 Å². The number of imidazole rings is 1. The number of benzene rings is 1. The monoisotopic (exact) mass is 340 g/mol. The number of likely N-dealkylation sites (tertiary alicyclic amines) is 1. The number of anilines is 1. The van der Waals surface area contributed by atoms with Gasteiger partial charge in [0.15, 0.2) is 0 Å². The van der Waals surface area contributed by atoms with E-state index in [1.807, 2.05) is 12.5 Å². The summed E-state index contributed by atoms with van der Waals surface area (Å²) in [6.07, 6.45) is 7.31. The molecule has 134 valence electrons. The number of hydrogen-bond donors (Lipinski definition) is 1. The van der Waals surface area contributed by atoms with Crippen LogP contribution in [0.4, 0.5) is 5.69 Å². The minimum absolute atomic E-state index is 0.0122. The van der Waals surface area contributed by atoms with Gasteiger partial charge in [-0.1, -0.05) is 12.1 Å². The van der Waals surface area contributed by atoms with Crippen LogP contribution < -0.4 is 5.32 Å². The quantitative estimate of drug-likeness (QED) is 0.929. The molecular weight excluding hydrogens is 312 g/mol. The van der Waals surface area contributed by atoms with Gasteiger partial charge in [-0.15, -0.1) is 0 Å². The van der Waals surface area contributed by atoms with Gasteiger partial charge in [-0.2, -0.15) is 0 Å². The van der Waals surface area contributed by atoms with Gasteiger partial charge < -0.3 is 14.6 Å². The number of ether oxygens (including phenoxy) is 1. The molecule has 1 N–H and O–H groups in total. The summed E-state index contributed by atoms with van der Waals surface area (Å²) in [4.78, 5) is 6.76. The Balaban J connectivity index is 1.38. The van der Waals surface area contributed by atoms with E-state index in [9.17, 15) is 0 Å². The zero-order chi connectivity index (χ0) is 17.3. The highest BCUT2D eigenvalue weighted by Crippen LogP contribution is 2.36. The van der Waals surface area contributed by atoms with E-state index in [-0.39, 0.29) is 5.60 Å². The first-order chi connectivity index (χ1) is 12.1. The van der Waals surface area contributed by atoms with Crippen LogP contribution in [0.25, 0.3) is 0 Å². The van der Waals surface area contributed by atoms with Crippen molar-refractivity contribution in [3.63, 3.8) is 0 Å². The number of nitrogens with zero attached hydrogens (tertiary/aromatic N) is 3. The summed E-state index contributed by atoms with van der Waals surface area (Å²) < 4.78 is 8.46. The van der Waals surface area contributed by atoms with Crippen molar-refractivity contribution in [3.05, 3.63) is 48.0 Å². The Morgan fingerprint density at radius 2 is 2.32 bits per heavy atom. The van der Waals surface area contributed by atoms with Gasteiger partial charge in [0.05, 0.1) is 30.3 Å². The predicted octanol–water partition coefficient (Wildman–Crippen LogP) is 2.96. The van der Waals surface area contributed by atoms with Crippen molar-refractivity contribution in [1.82, 2.24) is 14.5 Å². The highest BCUT2D eigenvalue weighted by molar-refractivity contribution is 5.46. The van der Waals surface area contributed by atoms with Gasteiger partial charge in [0.2, 0.25) is 0 Å². The second-order valence-electron chi connectivity index (χ2n) is 7.72. The molecule has 0 radical (unpaired) electrons. The third-order valence-electron chi connectivity index (χ3n) is 5.52. The van der Waals surface area contributed by atoms with Crippen LogP contribution in [0.15, 0.2) is 36.8 Å². The van der Waals surface area contributed by atoms with Gasteiger partial charge in [0, 0.05) is 32.0 Å². The highest BCUT2D eigenvalue weighted by Gasteiger charge is 2.43. The second-order valence-corrected chi connectivity index (χ2v) is 7.72. The molecule has 2 fully saturated rings. The summed E-state index contributed by atoms with van der Waals surface area (Å²) in [6, 6.07) is 9.00. The molecule has 2 aliphatic heterocycles. The molecule has 0 bridgehead atoms. The van der Waals surface area contributed by atoms with Gasteiger partial charge in [-0.25, -0.2) is 4.98 Å². The van der Waals surface area contributed by atoms with Crippen molar-refractivity contribution >= 4 is 5.69 Å².